The highest BCUT2D eigenvalue weighted by Crippen LogP contribution is 2.24. The molecule has 0 saturated heterocycles. The quantitative estimate of drug-likeness (QED) is 0.688. The van der Waals surface area contributed by atoms with Crippen molar-refractivity contribution in [2.45, 2.75) is 34.1 Å². The van der Waals surface area contributed by atoms with Gasteiger partial charge in [0.15, 0.2) is 0 Å². The zero-order valence-electron chi connectivity index (χ0n) is 9.57. The third-order valence-corrected chi connectivity index (χ3v) is 2.43. The molecule has 86 valence electrons. The highest BCUT2D eigenvalue weighted by Gasteiger charge is 2.26. The normalized spacial score (nSPS) is 14.7. The molecular weight excluding hydrogens is 196 g/mol. The lowest BCUT2D eigenvalue weighted by Crippen LogP contribution is -2.20. The molecule has 0 saturated carbocycles. The molecule has 0 fully saturated rings. The molecule has 0 aromatic heterocycles. The van der Waals surface area contributed by atoms with Crippen molar-refractivity contribution in [3.05, 3.63) is 11.1 Å². The third kappa shape index (κ3) is 3.38. The molecule has 1 atom stereocenters. The Kier molecular flexibility index (Phi) is 5.05. The average molecular weight is 214 g/mol. The largest absolute Gasteiger partial charge is 0.478 e. The Balaban J connectivity index is 5.56. The van der Waals surface area contributed by atoms with Gasteiger partial charge in [-0.1, -0.05) is 27.7 Å². The van der Waals surface area contributed by atoms with E-state index in [2.05, 4.69) is 0 Å². The second-order valence-electron chi connectivity index (χ2n) is 3.90. The van der Waals surface area contributed by atoms with Crippen LogP contribution in [0.4, 0.5) is 0 Å². The van der Waals surface area contributed by atoms with Crippen LogP contribution in [-0.4, -0.2) is 22.2 Å². The van der Waals surface area contributed by atoms with Crippen LogP contribution in [0.1, 0.15) is 34.1 Å². The second kappa shape index (κ2) is 5.53. The summed E-state index contributed by atoms with van der Waals surface area (Å²) in [6, 6.07) is 0. The zero-order valence-corrected chi connectivity index (χ0v) is 9.57. The second-order valence-corrected chi connectivity index (χ2v) is 3.90. The van der Waals surface area contributed by atoms with Crippen molar-refractivity contribution >= 4 is 11.9 Å². The van der Waals surface area contributed by atoms with Gasteiger partial charge in [-0.25, -0.2) is 9.59 Å². The Morgan fingerprint density at radius 2 is 1.40 bits per heavy atom. The standard InChI is InChI=1S/C11H18O4/c1-5-7(4)9(11(14)15)8(6(2)3)10(12)13/h6-7H,5H2,1-4H3,(H,12,13)(H,14,15). The first-order valence-corrected chi connectivity index (χ1v) is 5.03. The van der Waals surface area contributed by atoms with Gasteiger partial charge in [0.2, 0.25) is 0 Å². The molecule has 0 amide bonds. The third-order valence-electron chi connectivity index (χ3n) is 2.43. The van der Waals surface area contributed by atoms with Crippen molar-refractivity contribution in [2.75, 3.05) is 0 Å². The summed E-state index contributed by atoms with van der Waals surface area (Å²) >= 11 is 0. The van der Waals surface area contributed by atoms with Crippen molar-refractivity contribution in [1.29, 1.82) is 0 Å². The molecule has 0 aliphatic rings. The minimum atomic E-state index is -1.14. The van der Waals surface area contributed by atoms with Crippen molar-refractivity contribution in [2.24, 2.45) is 11.8 Å². The van der Waals surface area contributed by atoms with Gasteiger partial charge in [-0.15, -0.1) is 0 Å². The van der Waals surface area contributed by atoms with E-state index < -0.39 is 11.9 Å². The van der Waals surface area contributed by atoms with Crippen LogP contribution in [0.5, 0.6) is 0 Å². The first kappa shape index (κ1) is 13.7. The van der Waals surface area contributed by atoms with E-state index in [0.717, 1.165) is 0 Å². The molecule has 15 heavy (non-hydrogen) atoms. The molecule has 0 aliphatic carbocycles. The van der Waals surface area contributed by atoms with Crippen LogP contribution in [0, 0.1) is 11.8 Å². The van der Waals surface area contributed by atoms with Crippen molar-refractivity contribution < 1.29 is 19.8 Å². The van der Waals surface area contributed by atoms with E-state index in [1.54, 1.807) is 20.8 Å². The van der Waals surface area contributed by atoms with Gasteiger partial charge >= 0.3 is 11.9 Å². The maximum Gasteiger partial charge on any atom is 0.332 e. The fourth-order valence-corrected chi connectivity index (χ4v) is 1.47. The molecule has 4 heteroatoms. The summed E-state index contributed by atoms with van der Waals surface area (Å²) in [5.41, 5.74) is 0.0388. The predicted molar refractivity (Wildman–Crippen MR) is 56.6 cm³/mol. The molecule has 4 nitrogen and oxygen atoms in total. The lowest BCUT2D eigenvalue weighted by molar-refractivity contribution is -0.136. The first-order chi connectivity index (χ1) is 6.82. The molecule has 0 rings (SSSR count). The summed E-state index contributed by atoms with van der Waals surface area (Å²) in [7, 11) is 0. The number of aliphatic carboxylic acids is 2. The Bertz CT molecular complexity index is 289. The Labute approximate surface area is 89.6 Å². The fraction of sp³-hybridized carbons (Fsp3) is 0.636. The number of hydrogen-bond donors (Lipinski definition) is 2. The number of hydrogen-bond acceptors (Lipinski definition) is 2. The molecule has 0 aromatic rings. The van der Waals surface area contributed by atoms with Crippen molar-refractivity contribution in [1.82, 2.24) is 0 Å². The predicted octanol–water partition coefficient (Wildman–Crippen LogP) is 2.15. The number of rotatable bonds is 5. The van der Waals surface area contributed by atoms with E-state index >= 15 is 0 Å². The van der Waals surface area contributed by atoms with Crippen LogP contribution in [-0.2, 0) is 9.59 Å². The van der Waals surface area contributed by atoms with E-state index in [4.69, 9.17) is 10.2 Å². The molecule has 0 aromatic carbocycles. The van der Waals surface area contributed by atoms with Gasteiger partial charge in [0.1, 0.15) is 0 Å². The van der Waals surface area contributed by atoms with E-state index in [1.807, 2.05) is 6.92 Å². The molecule has 0 radical (unpaired) electrons. The van der Waals surface area contributed by atoms with Gasteiger partial charge in [-0.3, -0.25) is 0 Å². The van der Waals surface area contributed by atoms with Crippen LogP contribution in [0.25, 0.3) is 0 Å². The molecule has 0 heterocycles. The smallest absolute Gasteiger partial charge is 0.332 e. The van der Waals surface area contributed by atoms with E-state index in [-0.39, 0.29) is 23.0 Å². The van der Waals surface area contributed by atoms with Crippen LogP contribution in [0.2, 0.25) is 0 Å². The van der Waals surface area contributed by atoms with Gasteiger partial charge in [-0.05, 0) is 18.3 Å². The Hall–Kier alpha value is -1.32. The number of carboxylic acids is 2. The summed E-state index contributed by atoms with van der Waals surface area (Å²) in [5.74, 6) is -2.79. The lowest BCUT2D eigenvalue weighted by Gasteiger charge is -2.16. The highest BCUT2D eigenvalue weighted by molar-refractivity contribution is 5.99. The molecular formula is C11H18O4. The molecule has 0 spiro atoms. The monoisotopic (exact) mass is 214 g/mol. The van der Waals surface area contributed by atoms with Crippen molar-refractivity contribution in [3.8, 4) is 0 Å². The van der Waals surface area contributed by atoms with Crippen molar-refractivity contribution in [3.63, 3.8) is 0 Å². The highest BCUT2D eigenvalue weighted by atomic mass is 16.4. The Morgan fingerprint density at radius 1 is 1.00 bits per heavy atom. The molecule has 0 aliphatic heterocycles. The topological polar surface area (TPSA) is 74.6 Å². The van der Waals surface area contributed by atoms with Gasteiger partial charge in [0.05, 0.1) is 11.1 Å². The average Bonchev–Trinajstić information content (AvgIpc) is 2.10. The summed E-state index contributed by atoms with van der Waals surface area (Å²) in [6.45, 7) is 6.95. The summed E-state index contributed by atoms with van der Waals surface area (Å²) < 4.78 is 0. The number of carbonyl (C=O) groups is 2. The minimum absolute atomic E-state index is 0.0110. The van der Waals surface area contributed by atoms with Gasteiger partial charge in [0, 0.05) is 0 Å². The fourth-order valence-electron chi connectivity index (χ4n) is 1.47. The summed E-state index contributed by atoms with van der Waals surface area (Å²) in [5, 5.41) is 18.0. The van der Waals surface area contributed by atoms with Crippen LogP contribution in [0.3, 0.4) is 0 Å². The van der Waals surface area contributed by atoms with Gasteiger partial charge in [-0.2, -0.15) is 0 Å². The van der Waals surface area contributed by atoms with E-state index in [9.17, 15) is 9.59 Å². The zero-order chi connectivity index (χ0) is 12.2. The molecule has 0 bridgehead atoms. The number of carboxylic acid groups (broad SMARTS) is 2. The Morgan fingerprint density at radius 3 is 1.60 bits per heavy atom. The summed E-state index contributed by atoms with van der Waals surface area (Å²) in [4.78, 5) is 22.0. The maximum absolute atomic E-state index is 11.0. The van der Waals surface area contributed by atoms with Crippen LogP contribution >= 0.6 is 0 Å². The molecule has 1 unspecified atom stereocenters. The first-order valence-electron chi connectivity index (χ1n) is 5.03. The van der Waals surface area contributed by atoms with Gasteiger partial charge in [0.25, 0.3) is 0 Å². The lowest BCUT2D eigenvalue weighted by atomic mass is 9.88. The maximum atomic E-state index is 11.0. The van der Waals surface area contributed by atoms with Crippen LogP contribution < -0.4 is 0 Å². The van der Waals surface area contributed by atoms with Gasteiger partial charge < -0.3 is 10.2 Å². The SMILES string of the molecule is CCC(C)C(C(=O)O)=C(C(=O)O)C(C)C. The summed E-state index contributed by atoms with van der Waals surface area (Å²) in [6.07, 6.45) is 0.616. The minimum Gasteiger partial charge on any atom is -0.478 e. The van der Waals surface area contributed by atoms with E-state index in [0.29, 0.717) is 6.42 Å². The van der Waals surface area contributed by atoms with Crippen LogP contribution in [0.15, 0.2) is 11.1 Å². The van der Waals surface area contributed by atoms with E-state index in [1.165, 1.54) is 0 Å². The molecule has 2 N–H and O–H groups in total.